The highest BCUT2D eigenvalue weighted by Gasteiger charge is 2.21. The van der Waals surface area contributed by atoms with Crippen molar-refractivity contribution in [3.63, 3.8) is 0 Å². The van der Waals surface area contributed by atoms with Crippen molar-refractivity contribution in [3.8, 4) is 0 Å². The fraction of sp³-hybridized carbons (Fsp3) is 0.143. The SMILES string of the molecule is CNC(c1cccc(Br)c1F)c1cccc(F)c1Cl. The first-order valence-corrected chi connectivity index (χ1v) is 6.78. The van der Waals surface area contributed by atoms with Crippen molar-refractivity contribution in [1.29, 1.82) is 0 Å². The van der Waals surface area contributed by atoms with E-state index >= 15 is 0 Å². The Balaban J connectivity index is 2.57. The summed E-state index contributed by atoms with van der Waals surface area (Å²) >= 11 is 9.10. The second-order valence-corrected chi connectivity index (χ2v) is 5.24. The highest BCUT2D eigenvalue weighted by Crippen LogP contribution is 2.32. The molecule has 1 N–H and O–H groups in total. The van der Waals surface area contributed by atoms with Gasteiger partial charge in [-0.2, -0.15) is 0 Å². The molecule has 1 nitrogen and oxygen atoms in total. The minimum absolute atomic E-state index is 0.00113. The van der Waals surface area contributed by atoms with E-state index in [4.69, 9.17) is 11.6 Å². The van der Waals surface area contributed by atoms with Crippen LogP contribution in [0.25, 0.3) is 0 Å². The Bertz CT molecular complexity index is 552. The van der Waals surface area contributed by atoms with E-state index in [9.17, 15) is 8.78 Å². The molecular weight excluding hydrogens is 336 g/mol. The average Bonchev–Trinajstić information content (AvgIpc) is 2.40. The van der Waals surface area contributed by atoms with Gasteiger partial charge in [-0.25, -0.2) is 8.78 Å². The molecule has 0 spiro atoms. The number of nitrogens with one attached hydrogen (secondary N) is 1. The van der Waals surface area contributed by atoms with Crippen molar-refractivity contribution in [2.24, 2.45) is 0 Å². The molecule has 0 radical (unpaired) electrons. The topological polar surface area (TPSA) is 12.0 Å². The molecule has 1 unspecified atom stereocenters. The molecular formula is C14H11BrClF2N. The van der Waals surface area contributed by atoms with Gasteiger partial charge >= 0.3 is 0 Å². The molecule has 0 aromatic heterocycles. The van der Waals surface area contributed by atoms with Gasteiger partial charge in [0.1, 0.15) is 11.6 Å². The van der Waals surface area contributed by atoms with Crippen LogP contribution in [0.5, 0.6) is 0 Å². The Morgan fingerprint density at radius 1 is 1.11 bits per heavy atom. The standard InChI is InChI=1S/C14H11BrClF2N/c1-19-14(8-4-3-7-11(17)12(8)16)9-5-2-6-10(15)13(9)18/h2-7,14,19H,1H3. The van der Waals surface area contributed by atoms with E-state index < -0.39 is 11.9 Å². The molecule has 2 aromatic rings. The summed E-state index contributed by atoms with van der Waals surface area (Å²) in [4.78, 5) is 0. The summed E-state index contributed by atoms with van der Waals surface area (Å²) in [5, 5.41) is 2.96. The van der Waals surface area contributed by atoms with Crippen LogP contribution in [-0.2, 0) is 0 Å². The lowest BCUT2D eigenvalue weighted by Gasteiger charge is -2.19. The second kappa shape index (κ2) is 5.99. The molecule has 0 aliphatic carbocycles. The predicted octanol–water partition coefficient (Wildman–Crippen LogP) is 4.69. The van der Waals surface area contributed by atoms with E-state index in [0.717, 1.165) is 0 Å². The zero-order valence-electron chi connectivity index (χ0n) is 10.1. The van der Waals surface area contributed by atoms with Gasteiger partial charge in [0.05, 0.1) is 15.5 Å². The van der Waals surface area contributed by atoms with Crippen molar-refractivity contribution in [1.82, 2.24) is 5.32 Å². The van der Waals surface area contributed by atoms with Gasteiger partial charge in [0.15, 0.2) is 0 Å². The molecule has 5 heteroatoms. The van der Waals surface area contributed by atoms with Crippen LogP contribution in [0.3, 0.4) is 0 Å². The number of rotatable bonds is 3. The molecule has 1 atom stereocenters. The second-order valence-electron chi connectivity index (χ2n) is 4.01. The van der Waals surface area contributed by atoms with Crippen molar-refractivity contribution in [2.45, 2.75) is 6.04 Å². The number of hydrogen-bond acceptors (Lipinski definition) is 1. The van der Waals surface area contributed by atoms with E-state index in [2.05, 4.69) is 21.2 Å². The molecule has 0 heterocycles. The van der Waals surface area contributed by atoms with E-state index in [1.165, 1.54) is 6.07 Å². The number of hydrogen-bond donors (Lipinski definition) is 1. The molecule has 2 rings (SSSR count). The fourth-order valence-corrected chi connectivity index (χ4v) is 2.58. The molecule has 19 heavy (non-hydrogen) atoms. The first-order valence-electron chi connectivity index (χ1n) is 5.61. The normalized spacial score (nSPS) is 12.5. The summed E-state index contributed by atoms with van der Waals surface area (Å²) in [5.41, 5.74) is 0.908. The maximum Gasteiger partial charge on any atom is 0.142 e. The Morgan fingerprint density at radius 3 is 2.42 bits per heavy atom. The van der Waals surface area contributed by atoms with Crippen molar-refractivity contribution in [2.75, 3.05) is 7.05 Å². The summed E-state index contributed by atoms with van der Waals surface area (Å²) in [6, 6.07) is 8.96. The highest BCUT2D eigenvalue weighted by molar-refractivity contribution is 9.10. The lowest BCUT2D eigenvalue weighted by atomic mass is 9.98. The van der Waals surface area contributed by atoms with Crippen molar-refractivity contribution in [3.05, 3.63) is 68.7 Å². The maximum atomic E-state index is 14.1. The lowest BCUT2D eigenvalue weighted by molar-refractivity contribution is 0.567. The van der Waals surface area contributed by atoms with Crippen LogP contribution in [0.15, 0.2) is 40.9 Å². The third-order valence-corrected chi connectivity index (χ3v) is 3.88. The molecule has 0 aliphatic heterocycles. The van der Waals surface area contributed by atoms with Gasteiger partial charge < -0.3 is 5.32 Å². The number of benzene rings is 2. The lowest BCUT2D eigenvalue weighted by Crippen LogP contribution is -2.19. The Kier molecular flexibility index (Phi) is 4.55. The average molecular weight is 347 g/mol. The van der Waals surface area contributed by atoms with Crippen LogP contribution in [0.1, 0.15) is 17.2 Å². The van der Waals surface area contributed by atoms with Crippen molar-refractivity contribution >= 4 is 27.5 Å². The first kappa shape index (κ1) is 14.4. The third kappa shape index (κ3) is 2.81. The first-order chi connectivity index (χ1) is 9.06. The van der Waals surface area contributed by atoms with Crippen LogP contribution in [-0.4, -0.2) is 7.05 Å². The van der Waals surface area contributed by atoms with Gasteiger partial charge in [-0.15, -0.1) is 0 Å². The van der Waals surface area contributed by atoms with Gasteiger partial charge in [-0.1, -0.05) is 35.9 Å². The molecule has 100 valence electrons. The minimum atomic E-state index is -0.519. The van der Waals surface area contributed by atoms with Crippen LogP contribution >= 0.6 is 27.5 Å². The van der Waals surface area contributed by atoms with Gasteiger partial charge in [-0.05, 0) is 40.7 Å². The zero-order valence-corrected chi connectivity index (χ0v) is 12.4. The molecule has 0 fully saturated rings. The summed E-state index contributed by atoms with van der Waals surface area (Å²) < 4.78 is 28.0. The van der Waals surface area contributed by atoms with E-state index in [1.54, 1.807) is 37.4 Å². The summed E-state index contributed by atoms with van der Waals surface area (Å²) in [5.74, 6) is -0.906. The van der Waals surface area contributed by atoms with Gasteiger partial charge in [0.2, 0.25) is 0 Å². The monoisotopic (exact) mass is 345 g/mol. The van der Waals surface area contributed by atoms with Gasteiger partial charge in [0.25, 0.3) is 0 Å². The van der Waals surface area contributed by atoms with Crippen LogP contribution in [0.2, 0.25) is 5.02 Å². The van der Waals surface area contributed by atoms with E-state index in [-0.39, 0.29) is 10.8 Å². The van der Waals surface area contributed by atoms with Crippen LogP contribution < -0.4 is 5.32 Å². The third-order valence-electron chi connectivity index (χ3n) is 2.87. The molecule has 0 amide bonds. The maximum absolute atomic E-state index is 14.1. The van der Waals surface area contributed by atoms with Crippen molar-refractivity contribution < 1.29 is 8.78 Å². The number of halogens is 4. The Morgan fingerprint density at radius 2 is 1.74 bits per heavy atom. The Labute approximate surface area is 123 Å². The quantitative estimate of drug-likeness (QED) is 0.850. The largest absolute Gasteiger partial charge is 0.309 e. The smallest absolute Gasteiger partial charge is 0.142 e. The van der Waals surface area contributed by atoms with Crippen LogP contribution in [0, 0.1) is 11.6 Å². The predicted molar refractivity (Wildman–Crippen MR) is 76.4 cm³/mol. The van der Waals surface area contributed by atoms with E-state index in [1.807, 2.05) is 0 Å². The highest BCUT2D eigenvalue weighted by atomic mass is 79.9. The summed E-state index contributed by atoms with van der Waals surface area (Å²) in [6.45, 7) is 0. The fourth-order valence-electron chi connectivity index (χ4n) is 1.97. The minimum Gasteiger partial charge on any atom is -0.309 e. The molecule has 0 saturated heterocycles. The van der Waals surface area contributed by atoms with Crippen LogP contribution in [0.4, 0.5) is 8.78 Å². The molecule has 0 saturated carbocycles. The Hall–Kier alpha value is -0.970. The summed E-state index contributed by atoms with van der Waals surface area (Å²) in [7, 11) is 1.67. The van der Waals surface area contributed by atoms with Gasteiger partial charge in [-0.3, -0.25) is 0 Å². The molecule has 0 aliphatic rings. The molecule has 0 bridgehead atoms. The molecule has 2 aromatic carbocycles. The summed E-state index contributed by atoms with van der Waals surface area (Å²) in [6.07, 6.45) is 0. The van der Waals surface area contributed by atoms with Gasteiger partial charge in [0, 0.05) is 5.56 Å². The zero-order chi connectivity index (χ0) is 14.0. The van der Waals surface area contributed by atoms with E-state index in [0.29, 0.717) is 15.6 Å².